The first-order valence-electron chi connectivity index (χ1n) is 9.78. The van der Waals surface area contributed by atoms with Crippen LogP contribution in [0.3, 0.4) is 0 Å². The van der Waals surface area contributed by atoms with E-state index in [-0.39, 0.29) is 5.91 Å². The van der Waals surface area contributed by atoms with E-state index in [0.717, 1.165) is 35.3 Å². The maximum atomic E-state index is 13.4. The predicted octanol–water partition coefficient (Wildman–Crippen LogP) is 3.21. The number of hydrogen-bond acceptors (Lipinski definition) is 4. The topological polar surface area (TPSA) is 56.6 Å². The Balaban J connectivity index is 1.51. The van der Waals surface area contributed by atoms with Gasteiger partial charge in [0, 0.05) is 37.7 Å². The summed E-state index contributed by atoms with van der Waals surface area (Å²) in [6.07, 6.45) is 1.55. The molecule has 0 radical (unpaired) electrons. The number of carbonyl (C=O) groups is 1. The van der Waals surface area contributed by atoms with Crippen molar-refractivity contribution in [3.8, 4) is 22.8 Å². The predicted molar refractivity (Wildman–Crippen MR) is 109 cm³/mol. The van der Waals surface area contributed by atoms with E-state index in [1.54, 1.807) is 14.2 Å². The average molecular weight is 389 g/mol. The van der Waals surface area contributed by atoms with Gasteiger partial charge in [-0.3, -0.25) is 9.48 Å². The fourth-order valence-electron chi connectivity index (χ4n) is 4.54. The SMILES string of the molecule is COc1cc2c(cc1OC)-c1c(c(C(=O)N3CCc4ccccc4C3)nn1C)C2. The normalized spacial score (nSPS) is 14.2. The first kappa shape index (κ1) is 17.8. The molecule has 0 atom stereocenters. The molecule has 29 heavy (non-hydrogen) atoms. The number of carbonyl (C=O) groups excluding carboxylic acids is 1. The van der Waals surface area contributed by atoms with Gasteiger partial charge in [-0.1, -0.05) is 24.3 Å². The quantitative estimate of drug-likeness (QED) is 0.540. The van der Waals surface area contributed by atoms with E-state index < -0.39 is 0 Å². The van der Waals surface area contributed by atoms with E-state index in [2.05, 4.69) is 23.3 Å². The third-order valence-electron chi connectivity index (χ3n) is 6.00. The Morgan fingerprint density at radius 3 is 2.52 bits per heavy atom. The second-order valence-corrected chi connectivity index (χ2v) is 7.59. The van der Waals surface area contributed by atoms with Gasteiger partial charge in [-0.15, -0.1) is 0 Å². The van der Waals surface area contributed by atoms with Crippen LogP contribution in [0.15, 0.2) is 36.4 Å². The number of ether oxygens (including phenoxy) is 2. The lowest BCUT2D eigenvalue weighted by molar-refractivity contribution is 0.0727. The summed E-state index contributed by atoms with van der Waals surface area (Å²) in [5.41, 5.74) is 7.26. The van der Waals surface area contributed by atoms with Crippen molar-refractivity contribution in [2.24, 2.45) is 7.05 Å². The molecule has 1 aliphatic carbocycles. The van der Waals surface area contributed by atoms with Crippen molar-refractivity contribution in [2.75, 3.05) is 20.8 Å². The van der Waals surface area contributed by atoms with Crippen molar-refractivity contribution in [1.82, 2.24) is 14.7 Å². The molecular formula is C23H23N3O3. The number of amides is 1. The van der Waals surface area contributed by atoms with Crippen molar-refractivity contribution in [3.63, 3.8) is 0 Å². The molecule has 5 rings (SSSR count). The summed E-state index contributed by atoms with van der Waals surface area (Å²) in [5, 5.41) is 4.61. The van der Waals surface area contributed by atoms with Gasteiger partial charge in [0.2, 0.25) is 0 Å². The minimum absolute atomic E-state index is 0.00286. The van der Waals surface area contributed by atoms with Gasteiger partial charge in [0.05, 0.1) is 19.9 Å². The van der Waals surface area contributed by atoms with Crippen molar-refractivity contribution in [3.05, 3.63) is 64.3 Å². The molecule has 2 aliphatic rings. The fraction of sp³-hybridized carbons (Fsp3) is 0.304. The lowest BCUT2D eigenvalue weighted by atomic mass is 9.99. The molecule has 1 aromatic heterocycles. The number of hydrogen-bond donors (Lipinski definition) is 0. The second kappa shape index (κ2) is 6.65. The summed E-state index contributed by atoms with van der Waals surface area (Å²) in [5.74, 6) is 1.39. The molecule has 0 bridgehead atoms. The Morgan fingerprint density at radius 1 is 1.03 bits per heavy atom. The molecule has 148 valence electrons. The highest BCUT2D eigenvalue weighted by Crippen LogP contribution is 2.44. The summed E-state index contributed by atoms with van der Waals surface area (Å²) in [4.78, 5) is 15.3. The van der Waals surface area contributed by atoms with Crippen molar-refractivity contribution >= 4 is 5.91 Å². The molecule has 0 saturated heterocycles. The van der Waals surface area contributed by atoms with Gasteiger partial charge in [0.1, 0.15) is 0 Å². The largest absolute Gasteiger partial charge is 0.493 e. The molecule has 6 nitrogen and oxygen atoms in total. The molecule has 1 aliphatic heterocycles. The van der Waals surface area contributed by atoms with E-state index >= 15 is 0 Å². The van der Waals surface area contributed by atoms with Gasteiger partial charge >= 0.3 is 0 Å². The fourth-order valence-corrected chi connectivity index (χ4v) is 4.54. The van der Waals surface area contributed by atoms with E-state index in [9.17, 15) is 4.79 Å². The molecule has 1 amide bonds. The van der Waals surface area contributed by atoms with Gasteiger partial charge in [-0.25, -0.2) is 0 Å². The molecule has 3 aromatic rings. The number of nitrogens with zero attached hydrogens (tertiary/aromatic N) is 3. The summed E-state index contributed by atoms with van der Waals surface area (Å²) in [7, 11) is 5.16. The summed E-state index contributed by atoms with van der Waals surface area (Å²) >= 11 is 0. The number of methoxy groups -OCH3 is 2. The zero-order chi connectivity index (χ0) is 20.1. The van der Waals surface area contributed by atoms with Crippen LogP contribution in [0.25, 0.3) is 11.3 Å². The summed E-state index contributed by atoms with van der Waals surface area (Å²) in [6, 6.07) is 12.3. The van der Waals surface area contributed by atoms with Crippen molar-refractivity contribution < 1.29 is 14.3 Å². The molecule has 0 saturated carbocycles. The molecule has 0 unspecified atom stereocenters. The van der Waals surface area contributed by atoms with Gasteiger partial charge in [0.25, 0.3) is 5.91 Å². The molecule has 2 heterocycles. The van der Waals surface area contributed by atoms with Crippen LogP contribution in [0.1, 0.15) is 32.7 Å². The number of rotatable bonds is 3. The van der Waals surface area contributed by atoms with Gasteiger partial charge in [-0.2, -0.15) is 5.10 Å². The Morgan fingerprint density at radius 2 is 1.76 bits per heavy atom. The average Bonchev–Trinajstić information content (AvgIpc) is 3.28. The lowest BCUT2D eigenvalue weighted by Crippen LogP contribution is -2.36. The van der Waals surface area contributed by atoms with E-state index in [1.165, 1.54) is 11.1 Å². The highest BCUT2D eigenvalue weighted by molar-refractivity contribution is 5.97. The number of aromatic nitrogens is 2. The highest BCUT2D eigenvalue weighted by Gasteiger charge is 2.33. The Hall–Kier alpha value is -3.28. The number of fused-ring (bicyclic) bond motifs is 4. The first-order chi connectivity index (χ1) is 14.1. The minimum atomic E-state index is 0.00286. The van der Waals surface area contributed by atoms with Crippen LogP contribution >= 0.6 is 0 Å². The lowest BCUT2D eigenvalue weighted by Gasteiger charge is -2.28. The van der Waals surface area contributed by atoms with Crippen LogP contribution in [0.2, 0.25) is 0 Å². The second-order valence-electron chi connectivity index (χ2n) is 7.59. The van der Waals surface area contributed by atoms with E-state index in [0.29, 0.717) is 30.2 Å². The third kappa shape index (κ3) is 2.70. The van der Waals surface area contributed by atoms with Crippen molar-refractivity contribution in [2.45, 2.75) is 19.4 Å². The smallest absolute Gasteiger partial charge is 0.274 e. The zero-order valence-electron chi connectivity index (χ0n) is 16.9. The molecule has 0 fully saturated rings. The maximum absolute atomic E-state index is 13.4. The zero-order valence-corrected chi connectivity index (χ0v) is 16.9. The standard InChI is InChI=1S/C23H23N3O3/c1-25-22-17-12-20(29-3)19(28-2)11-16(17)10-18(22)21(24-25)23(27)26-9-8-14-6-4-5-7-15(14)13-26/h4-7,11-12H,8-10,13H2,1-3H3. The highest BCUT2D eigenvalue weighted by atomic mass is 16.5. The van der Waals surface area contributed by atoms with E-state index in [4.69, 9.17) is 9.47 Å². The Kier molecular flexibility index (Phi) is 4.08. The number of benzene rings is 2. The summed E-state index contributed by atoms with van der Waals surface area (Å²) in [6.45, 7) is 1.35. The van der Waals surface area contributed by atoms with Gasteiger partial charge < -0.3 is 14.4 Å². The van der Waals surface area contributed by atoms with Gasteiger partial charge in [-0.05, 0) is 35.2 Å². The molecular weight excluding hydrogens is 366 g/mol. The van der Waals surface area contributed by atoms with Crippen LogP contribution in [0, 0.1) is 0 Å². The van der Waals surface area contributed by atoms with Crippen LogP contribution < -0.4 is 9.47 Å². The monoisotopic (exact) mass is 389 g/mol. The molecule has 0 spiro atoms. The maximum Gasteiger partial charge on any atom is 0.274 e. The Bertz CT molecular complexity index is 1130. The van der Waals surface area contributed by atoms with E-state index in [1.807, 2.05) is 34.8 Å². The van der Waals surface area contributed by atoms with Crippen LogP contribution in [-0.2, 0) is 26.4 Å². The molecule has 0 N–H and O–H groups in total. The first-order valence-corrected chi connectivity index (χ1v) is 9.78. The van der Waals surface area contributed by atoms with Crippen LogP contribution in [-0.4, -0.2) is 41.4 Å². The minimum Gasteiger partial charge on any atom is -0.493 e. The molecule has 2 aromatic carbocycles. The summed E-state index contributed by atoms with van der Waals surface area (Å²) < 4.78 is 12.7. The van der Waals surface area contributed by atoms with Crippen LogP contribution in [0.4, 0.5) is 0 Å². The number of aryl methyl sites for hydroxylation is 1. The molecule has 6 heteroatoms. The van der Waals surface area contributed by atoms with Crippen LogP contribution in [0.5, 0.6) is 11.5 Å². The van der Waals surface area contributed by atoms with Crippen molar-refractivity contribution in [1.29, 1.82) is 0 Å². The third-order valence-corrected chi connectivity index (χ3v) is 6.00. The Labute approximate surface area is 169 Å². The van der Waals surface area contributed by atoms with Gasteiger partial charge in [0.15, 0.2) is 17.2 Å².